The number of amides is 2. The van der Waals surface area contributed by atoms with Crippen LogP contribution in [0.15, 0.2) is 0 Å². The highest BCUT2D eigenvalue weighted by molar-refractivity contribution is 6.27. The van der Waals surface area contributed by atoms with Crippen LogP contribution in [0, 0.1) is 0 Å². The molecule has 6 heteroatoms. The zero-order valence-electron chi connectivity index (χ0n) is 16.3. The van der Waals surface area contributed by atoms with Gasteiger partial charge in [0.05, 0.1) is 0 Å². The topological polar surface area (TPSA) is 84.2 Å². The Kier molecular flexibility index (Phi) is 17.4. The first-order chi connectivity index (χ1) is 10.3. The molecule has 0 aliphatic carbocycles. The van der Waals surface area contributed by atoms with Gasteiger partial charge in [-0.05, 0) is 54.5 Å². The summed E-state index contributed by atoms with van der Waals surface area (Å²) in [5, 5.41) is 5.61. The van der Waals surface area contributed by atoms with E-state index >= 15 is 0 Å². The van der Waals surface area contributed by atoms with Crippen LogP contribution in [0.4, 0.5) is 0 Å². The van der Waals surface area contributed by atoms with E-state index in [1.54, 1.807) is 0 Å². The number of hydrogen-bond acceptors (Lipinski definition) is 3. The number of carbonyl (C=O) groups excluding carboxylic acids is 2. The third-order valence-corrected chi connectivity index (χ3v) is 2.15. The Hall–Kier alpha value is -0.810. The number of unbranched alkanes of at least 4 members (excludes halogenated alkanes) is 1. The molecule has 0 aliphatic heterocycles. The first kappa shape index (κ1) is 27.1. The molecule has 0 bridgehead atoms. The maximum atomic E-state index is 11.1. The first-order valence-electron chi connectivity index (χ1n) is 8.21. The average molecular weight is 352 g/mol. The number of rotatable bonds is 4. The molecule has 0 atom stereocenters. The molecule has 0 unspecified atom stereocenters. The predicted molar refractivity (Wildman–Crippen MR) is 101 cm³/mol. The van der Waals surface area contributed by atoms with Gasteiger partial charge in [0, 0.05) is 17.5 Å². The lowest BCUT2D eigenvalue weighted by Crippen LogP contribution is -2.41. The van der Waals surface area contributed by atoms with Crippen LogP contribution in [0.2, 0.25) is 0 Å². The van der Waals surface area contributed by atoms with Gasteiger partial charge < -0.3 is 16.4 Å². The standard InChI is InChI=1S/C9H19NO.C6H12ClNO.C2H7N/c1-5-6-7-8(11)10-9(2,3)4;1-6(2,3)8-5(9)4-7;1-2-3/h5-7H2,1-4H3,(H,10,11);4H2,1-3H3,(H,8,9);2-3H2,1H3. The predicted octanol–water partition coefficient (Wildman–Crippen LogP) is 3.20. The number of hydrogen-bond donors (Lipinski definition) is 3. The van der Waals surface area contributed by atoms with Crippen LogP contribution in [-0.2, 0) is 9.59 Å². The molecule has 0 rings (SSSR count). The normalized spacial score (nSPS) is 10.5. The fourth-order valence-electron chi connectivity index (χ4n) is 1.27. The second kappa shape index (κ2) is 14.8. The van der Waals surface area contributed by atoms with Crippen molar-refractivity contribution in [2.45, 2.75) is 85.7 Å². The van der Waals surface area contributed by atoms with Crippen LogP contribution in [0.25, 0.3) is 0 Å². The number of halogens is 1. The van der Waals surface area contributed by atoms with Crippen molar-refractivity contribution in [2.75, 3.05) is 12.4 Å². The summed E-state index contributed by atoms with van der Waals surface area (Å²) >= 11 is 5.25. The highest BCUT2D eigenvalue weighted by Crippen LogP contribution is 2.01. The Labute approximate surface area is 148 Å². The Bertz CT molecular complexity index is 308. The molecule has 0 aromatic heterocycles. The molecule has 140 valence electrons. The fraction of sp³-hybridized carbons (Fsp3) is 0.882. The third kappa shape index (κ3) is 33.8. The molecule has 0 heterocycles. The molecule has 0 aromatic rings. The van der Waals surface area contributed by atoms with Crippen molar-refractivity contribution in [1.82, 2.24) is 10.6 Å². The average Bonchev–Trinajstić information content (AvgIpc) is 2.34. The van der Waals surface area contributed by atoms with Crippen LogP contribution >= 0.6 is 11.6 Å². The maximum absolute atomic E-state index is 11.1. The molecule has 4 N–H and O–H groups in total. The zero-order chi connectivity index (χ0) is 19.1. The lowest BCUT2D eigenvalue weighted by Gasteiger charge is -2.20. The van der Waals surface area contributed by atoms with Crippen molar-refractivity contribution < 1.29 is 9.59 Å². The quantitative estimate of drug-likeness (QED) is 0.680. The Morgan fingerprint density at radius 3 is 1.48 bits per heavy atom. The Balaban J connectivity index is -0.000000301. The Morgan fingerprint density at radius 2 is 1.26 bits per heavy atom. The molecule has 0 aliphatic rings. The molecular formula is C17H38ClN3O2. The fourth-order valence-corrected chi connectivity index (χ4v) is 1.34. The van der Waals surface area contributed by atoms with Crippen molar-refractivity contribution in [1.29, 1.82) is 0 Å². The van der Waals surface area contributed by atoms with E-state index in [-0.39, 0.29) is 28.8 Å². The monoisotopic (exact) mass is 351 g/mol. The van der Waals surface area contributed by atoms with Crippen molar-refractivity contribution >= 4 is 23.4 Å². The van der Waals surface area contributed by atoms with E-state index in [2.05, 4.69) is 17.6 Å². The lowest BCUT2D eigenvalue weighted by atomic mass is 10.1. The summed E-state index contributed by atoms with van der Waals surface area (Å²) in [5.41, 5.74) is 4.61. The van der Waals surface area contributed by atoms with Crippen LogP contribution in [0.3, 0.4) is 0 Å². The van der Waals surface area contributed by atoms with Gasteiger partial charge in [-0.3, -0.25) is 9.59 Å². The molecule has 0 radical (unpaired) electrons. The second-order valence-electron chi connectivity index (χ2n) is 7.24. The SMILES string of the molecule is CC(C)(C)NC(=O)CCl.CCCCC(=O)NC(C)(C)C.CCN. The lowest BCUT2D eigenvalue weighted by molar-refractivity contribution is -0.122. The second-order valence-corrected chi connectivity index (χ2v) is 7.51. The summed E-state index contributed by atoms with van der Waals surface area (Å²) in [6.45, 7) is 16.5. The van der Waals surface area contributed by atoms with Crippen molar-refractivity contribution in [3.05, 3.63) is 0 Å². The van der Waals surface area contributed by atoms with E-state index in [9.17, 15) is 9.59 Å². The summed E-state index contributed by atoms with van der Waals surface area (Å²) in [4.78, 5) is 21.7. The molecule has 23 heavy (non-hydrogen) atoms. The highest BCUT2D eigenvalue weighted by Gasteiger charge is 2.12. The van der Waals surface area contributed by atoms with Crippen LogP contribution < -0.4 is 16.4 Å². The van der Waals surface area contributed by atoms with E-state index in [0.717, 1.165) is 19.4 Å². The maximum Gasteiger partial charge on any atom is 0.235 e. The molecule has 0 aromatic carbocycles. The van der Waals surface area contributed by atoms with E-state index in [0.29, 0.717) is 6.42 Å². The molecule has 2 amide bonds. The highest BCUT2D eigenvalue weighted by atomic mass is 35.5. The van der Waals surface area contributed by atoms with Crippen molar-refractivity contribution in [3.8, 4) is 0 Å². The molecule has 5 nitrogen and oxygen atoms in total. The van der Waals surface area contributed by atoms with Gasteiger partial charge in [0.15, 0.2) is 0 Å². The van der Waals surface area contributed by atoms with Gasteiger partial charge in [0.1, 0.15) is 5.88 Å². The van der Waals surface area contributed by atoms with E-state index in [1.807, 2.05) is 48.5 Å². The van der Waals surface area contributed by atoms with E-state index in [1.165, 1.54) is 0 Å². The van der Waals surface area contributed by atoms with Crippen LogP contribution in [0.1, 0.15) is 74.7 Å². The van der Waals surface area contributed by atoms with Gasteiger partial charge in [-0.25, -0.2) is 0 Å². The minimum atomic E-state index is -0.161. The van der Waals surface area contributed by atoms with E-state index < -0.39 is 0 Å². The molecule has 0 fully saturated rings. The number of nitrogens with one attached hydrogen (secondary N) is 2. The van der Waals surface area contributed by atoms with Crippen LogP contribution in [-0.4, -0.2) is 35.3 Å². The van der Waals surface area contributed by atoms with Gasteiger partial charge in [-0.2, -0.15) is 0 Å². The Morgan fingerprint density at radius 1 is 0.913 bits per heavy atom. The summed E-state index contributed by atoms with van der Waals surface area (Å²) in [5.74, 6) is 0.0839. The van der Waals surface area contributed by atoms with Gasteiger partial charge in [0.2, 0.25) is 11.8 Å². The zero-order valence-corrected chi connectivity index (χ0v) is 17.1. The molecule has 0 saturated carbocycles. The minimum Gasteiger partial charge on any atom is -0.352 e. The van der Waals surface area contributed by atoms with Crippen molar-refractivity contribution in [3.63, 3.8) is 0 Å². The first-order valence-corrected chi connectivity index (χ1v) is 8.74. The van der Waals surface area contributed by atoms with Crippen molar-refractivity contribution in [2.24, 2.45) is 5.73 Å². The summed E-state index contributed by atoms with van der Waals surface area (Å²) in [6.07, 6.45) is 2.73. The summed E-state index contributed by atoms with van der Waals surface area (Å²) in [6, 6.07) is 0. The number of alkyl halides is 1. The minimum absolute atomic E-state index is 0.0390. The molecule has 0 saturated heterocycles. The summed E-state index contributed by atoms with van der Waals surface area (Å²) < 4.78 is 0. The number of nitrogens with two attached hydrogens (primary N) is 1. The van der Waals surface area contributed by atoms with E-state index in [4.69, 9.17) is 17.3 Å². The van der Waals surface area contributed by atoms with Gasteiger partial charge >= 0.3 is 0 Å². The molecular weight excluding hydrogens is 314 g/mol. The smallest absolute Gasteiger partial charge is 0.235 e. The van der Waals surface area contributed by atoms with Gasteiger partial charge in [-0.1, -0.05) is 20.3 Å². The van der Waals surface area contributed by atoms with Gasteiger partial charge in [-0.15, -0.1) is 11.6 Å². The molecule has 0 spiro atoms. The number of carbonyl (C=O) groups is 2. The largest absolute Gasteiger partial charge is 0.352 e. The van der Waals surface area contributed by atoms with Gasteiger partial charge in [0.25, 0.3) is 0 Å². The summed E-state index contributed by atoms with van der Waals surface area (Å²) in [7, 11) is 0. The third-order valence-electron chi connectivity index (χ3n) is 1.91. The van der Waals surface area contributed by atoms with Crippen LogP contribution in [0.5, 0.6) is 0 Å².